The normalized spacial score (nSPS) is 30.1. The van der Waals surface area contributed by atoms with Gasteiger partial charge < -0.3 is 15.4 Å². The number of methoxy groups -OCH3 is 1. The Labute approximate surface area is 166 Å². The summed E-state index contributed by atoms with van der Waals surface area (Å²) in [5.41, 5.74) is 2.58. The van der Waals surface area contributed by atoms with Crippen LogP contribution < -0.4 is 15.4 Å². The fourth-order valence-electron chi connectivity index (χ4n) is 6.20. The van der Waals surface area contributed by atoms with E-state index in [1.807, 2.05) is 48.5 Å². The number of benzene rings is 2. The molecule has 6 rings (SSSR count). The molecule has 0 unspecified atom stereocenters. The van der Waals surface area contributed by atoms with Crippen molar-refractivity contribution in [3.63, 3.8) is 0 Å². The van der Waals surface area contributed by atoms with Crippen LogP contribution in [0.3, 0.4) is 0 Å². The van der Waals surface area contributed by atoms with Gasteiger partial charge in [0.05, 0.1) is 18.2 Å². The van der Waals surface area contributed by atoms with E-state index >= 15 is 0 Å². The Kier molecular flexibility index (Phi) is 4.30. The van der Waals surface area contributed by atoms with Gasteiger partial charge >= 0.3 is 0 Å². The van der Waals surface area contributed by atoms with Gasteiger partial charge in [-0.05, 0) is 80.5 Å². The Morgan fingerprint density at radius 2 is 1.57 bits per heavy atom. The highest BCUT2D eigenvalue weighted by molar-refractivity contribution is 5.97. The molecule has 0 saturated heterocycles. The quantitative estimate of drug-likeness (QED) is 0.715. The van der Waals surface area contributed by atoms with Crippen LogP contribution in [0.25, 0.3) is 0 Å². The number of carbonyl (C=O) groups excluding carboxylic acids is 1. The van der Waals surface area contributed by atoms with E-state index in [-0.39, 0.29) is 11.3 Å². The average molecular weight is 377 g/mol. The van der Waals surface area contributed by atoms with Gasteiger partial charge in [0.1, 0.15) is 5.75 Å². The Hall–Kier alpha value is -2.49. The maximum atomic E-state index is 13.3. The molecule has 4 aliphatic carbocycles. The smallest absolute Gasteiger partial charge is 0.230 e. The van der Waals surface area contributed by atoms with E-state index in [1.165, 1.54) is 19.3 Å². The fourth-order valence-corrected chi connectivity index (χ4v) is 6.20. The number of hydrogen-bond acceptors (Lipinski definition) is 3. The molecule has 0 aromatic heterocycles. The van der Waals surface area contributed by atoms with E-state index in [2.05, 4.69) is 10.6 Å². The number of nitrogens with one attached hydrogen (secondary N) is 2. The van der Waals surface area contributed by atoms with E-state index in [1.54, 1.807) is 7.11 Å². The second-order valence-electron chi connectivity index (χ2n) is 9.06. The van der Waals surface area contributed by atoms with Crippen molar-refractivity contribution < 1.29 is 9.53 Å². The summed E-state index contributed by atoms with van der Waals surface area (Å²) in [6.45, 7) is 0. The van der Waals surface area contributed by atoms with Crippen LogP contribution in [-0.2, 0) is 4.79 Å². The predicted octanol–water partition coefficient (Wildman–Crippen LogP) is 5.59. The summed E-state index contributed by atoms with van der Waals surface area (Å²) >= 11 is 0. The van der Waals surface area contributed by atoms with Crippen LogP contribution in [0.1, 0.15) is 38.5 Å². The van der Waals surface area contributed by atoms with Crippen LogP contribution >= 0.6 is 0 Å². The Balaban J connectivity index is 1.34. The minimum absolute atomic E-state index is 0.152. The third kappa shape index (κ3) is 3.15. The Morgan fingerprint density at radius 3 is 2.18 bits per heavy atom. The molecule has 2 N–H and O–H groups in total. The molecule has 2 aromatic rings. The van der Waals surface area contributed by atoms with Crippen molar-refractivity contribution in [3.8, 4) is 5.75 Å². The highest BCUT2D eigenvalue weighted by Gasteiger charge is 2.54. The molecule has 4 saturated carbocycles. The Morgan fingerprint density at radius 1 is 0.929 bits per heavy atom. The summed E-state index contributed by atoms with van der Waals surface area (Å²) in [5.74, 6) is 3.18. The number of rotatable bonds is 5. The number of ether oxygens (including phenoxy) is 1. The SMILES string of the molecule is COc1cc(Nc2ccccc2)ccc1NC(=O)C12CC3CC(CC(C3)C1)C2. The first-order valence-corrected chi connectivity index (χ1v) is 10.5. The zero-order valence-electron chi connectivity index (χ0n) is 16.4. The van der Waals surface area contributed by atoms with Crippen LogP contribution in [-0.4, -0.2) is 13.0 Å². The van der Waals surface area contributed by atoms with E-state index in [4.69, 9.17) is 4.74 Å². The van der Waals surface area contributed by atoms with Crippen LogP contribution in [0.4, 0.5) is 17.1 Å². The summed E-state index contributed by atoms with van der Waals surface area (Å²) in [5, 5.41) is 6.59. The van der Waals surface area contributed by atoms with Crippen molar-refractivity contribution in [1.82, 2.24) is 0 Å². The monoisotopic (exact) mass is 376 g/mol. The van der Waals surface area contributed by atoms with Gasteiger partial charge in [-0.15, -0.1) is 0 Å². The highest BCUT2D eigenvalue weighted by atomic mass is 16.5. The van der Waals surface area contributed by atoms with Gasteiger partial charge in [-0.3, -0.25) is 4.79 Å². The summed E-state index contributed by atoms with van der Waals surface area (Å²) < 4.78 is 5.59. The van der Waals surface area contributed by atoms with Crippen molar-refractivity contribution in [2.45, 2.75) is 38.5 Å². The van der Waals surface area contributed by atoms with Gasteiger partial charge in [-0.2, -0.15) is 0 Å². The first kappa shape index (κ1) is 17.6. The standard InChI is InChI=1S/C24H28N2O2/c1-28-22-12-20(25-19-5-3-2-4-6-19)7-8-21(22)26-23(27)24-13-16-9-17(14-24)11-18(10-16)15-24/h2-8,12,16-18,25H,9-11,13-15H2,1H3,(H,26,27). The van der Waals surface area contributed by atoms with E-state index in [0.717, 1.165) is 54.1 Å². The van der Waals surface area contributed by atoms with Gasteiger partial charge in [-0.25, -0.2) is 0 Å². The average Bonchev–Trinajstić information content (AvgIpc) is 2.69. The van der Waals surface area contributed by atoms with Crippen molar-refractivity contribution in [2.24, 2.45) is 23.2 Å². The van der Waals surface area contributed by atoms with Gasteiger partial charge in [0, 0.05) is 17.4 Å². The number of para-hydroxylation sites is 1. The third-order valence-corrected chi connectivity index (χ3v) is 7.03. The largest absolute Gasteiger partial charge is 0.494 e. The van der Waals surface area contributed by atoms with Crippen LogP contribution in [0.15, 0.2) is 48.5 Å². The second-order valence-corrected chi connectivity index (χ2v) is 9.06. The minimum Gasteiger partial charge on any atom is -0.494 e. The number of anilines is 3. The van der Waals surface area contributed by atoms with E-state index in [0.29, 0.717) is 5.75 Å². The molecule has 0 heterocycles. The van der Waals surface area contributed by atoms with E-state index in [9.17, 15) is 4.79 Å². The minimum atomic E-state index is -0.152. The first-order chi connectivity index (χ1) is 13.6. The lowest BCUT2D eigenvalue weighted by molar-refractivity contribution is -0.140. The van der Waals surface area contributed by atoms with Gasteiger partial charge in [-0.1, -0.05) is 18.2 Å². The lowest BCUT2D eigenvalue weighted by Crippen LogP contribution is -2.51. The van der Waals surface area contributed by atoms with E-state index < -0.39 is 0 Å². The molecule has 0 radical (unpaired) electrons. The summed E-state index contributed by atoms with van der Waals surface area (Å²) in [7, 11) is 1.65. The van der Waals surface area contributed by atoms with Crippen LogP contribution in [0.2, 0.25) is 0 Å². The molecule has 0 atom stereocenters. The Bertz CT molecular complexity index is 842. The molecular weight excluding hydrogens is 348 g/mol. The molecule has 4 fully saturated rings. The molecule has 4 aliphatic rings. The van der Waals surface area contributed by atoms with Gasteiger partial charge in [0.15, 0.2) is 0 Å². The second kappa shape index (κ2) is 6.84. The molecular formula is C24H28N2O2. The molecule has 0 aliphatic heterocycles. The molecule has 4 bridgehead atoms. The summed E-state index contributed by atoms with van der Waals surface area (Å²) in [4.78, 5) is 13.3. The molecule has 2 aromatic carbocycles. The zero-order valence-corrected chi connectivity index (χ0v) is 16.4. The zero-order chi connectivity index (χ0) is 19.1. The topological polar surface area (TPSA) is 50.4 Å². The predicted molar refractivity (Wildman–Crippen MR) is 112 cm³/mol. The van der Waals surface area contributed by atoms with Gasteiger partial charge in [0.2, 0.25) is 5.91 Å². The molecule has 0 spiro atoms. The number of hydrogen-bond donors (Lipinski definition) is 2. The number of amides is 1. The van der Waals surface area contributed by atoms with Crippen molar-refractivity contribution in [1.29, 1.82) is 0 Å². The van der Waals surface area contributed by atoms with Gasteiger partial charge in [0.25, 0.3) is 0 Å². The summed E-state index contributed by atoms with van der Waals surface area (Å²) in [6.07, 6.45) is 7.24. The maximum absolute atomic E-state index is 13.3. The third-order valence-electron chi connectivity index (χ3n) is 7.03. The lowest BCUT2D eigenvalue weighted by Gasteiger charge is -2.55. The highest BCUT2D eigenvalue weighted by Crippen LogP contribution is 2.60. The van der Waals surface area contributed by atoms with Crippen LogP contribution in [0, 0.1) is 23.2 Å². The summed E-state index contributed by atoms with van der Waals surface area (Å²) in [6, 6.07) is 15.9. The molecule has 146 valence electrons. The molecule has 28 heavy (non-hydrogen) atoms. The maximum Gasteiger partial charge on any atom is 0.230 e. The van der Waals surface area contributed by atoms with Crippen molar-refractivity contribution in [2.75, 3.05) is 17.7 Å². The molecule has 4 nitrogen and oxygen atoms in total. The first-order valence-electron chi connectivity index (χ1n) is 10.5. The molecule has 1 amide bonds. The van der Waals surface area contributed by atoms with Crippen molar-refractivity contribution in [3.05, 3.63) is 48.5 Å². The van der Waals surface area contributed by atoms with Crippen molar-refractivity contribution >= 4 is 23.0 Å². The molecule has 4 heteroatoms. The lowest BCUT2D eigenvalue weighted by atomic mass is 9.49. The van der Waals surface area contributed by atoms with Crippen LogP contribution in [0.5, 0.6) is 5.75 Å². The fraction of sp³-hybridized carbons (Fsp3) is 0.458. The number of carbonyl (C=O) groups is 1.